The van der Waals surface area contributed by atoms with Crippen molar-refractivity contribution in [3.63, 3.8) is 0 Å². The number of likely N-dealkylation sites (tertiary alicyclic amines) is 1. The molecule has 3 heterocycles. The van der Waals surface area contributed by atoms with Crippen LogP contribution in [-0.4, -0.2) is 47.3 Å². The Hall–Kier alpha value is -2.93. The summed E-state index contributed by atoms with van der Waals surface area (Å²) in [6.07, 6.45) is 1.71. The van der Waals surface area contributed by atoms with E-state index in [0.29, 0.717) is 17.1 Å². The molecule has 7 heteroatoms. The Balaban J connectivity index is 1.52. The minimum atomic E-state index is -3.45. The van der Waals surface area contributed by atoms with Crippen LogP contribution in [0.1, 0.15) is 22.0 Å². The van der Waals surface area contributed by atoms with Gasteiger partial charge < -0.3 is 4.90 Å². The van der Waals surface area contributed by atoms with Crippen LogP contribution in [0.4, 0.5) is 0 Å². The first-order valence-electron chi connectivity index (χ1n) is 9.17. The van der Waals surface area contributed by atoms with E-state index in [1.54, 1.807) is 35.0 Å². The highest BCUT2D eigenvalue weighted by Crippen LogP contribution is 2.46. The van der Waals surface area contributed by atoms with Crippen LogP contribution in [0, 0.1) is 0 Å². The molecule has 2 aliphatic rings. The molecular weight excluding hydrogens is 374 g/mol. The molecule has 2 aliphatic heterocycles. The van der Waals surface area contributed by atoms with Crippen LogP contribution in [0.3, 0.4) is 0 Å². The van der Waals surface area contributed by atoms with Gasteiger partial charge in [-0.3, -0.25) is 9.48 Å². The molecule has 0 unspecified atom stereocenters. The van der Waals surface area contributed by atoms with Gasteiger partial charge in [-0.2, -0.15) is 5.10 Å². The lowest BCUT2D eigenvalue weighted by molar-refractivity contribution is 0.0784. The summed E-state index contributed by atoms with van der Waals surface area (Å²) in [6.45, 7) is 0.600. The number of fused-ring (bicyclic) bond motifs is 3. The zero-order chi connectivity index (χ0) is 19.5. The lowest BCUT2D eigenvalue weighted by Gasteiger charge is -2.17. The molecule has 0 N–H and O–H groups in total. The normalized spacial score (nSPS) is 22.1. The summed E-state index contributed by atoms with van der Waals surface area (Å²) in [4.78, 5) is 14.8. The molecule has 1 fully saturated rings. The first-order valence-corrected chi connectivity index (χ1v) is 10.7. The van der Waals surface area contributed by atoms with Gasteiger partial charge in [-0.1, -0.05) is 36.4 Å². The van der Waals surface area contributed by atoms with Gasteiger partial charge in [0.25, 0.3) is 5.91 Å². The number of aryl methyl sites for hydroxylation is 1. The van der Waals surface area contributed by atoms with E-state index in [9.17, 15) is 13.2 Å². The van der Waals surface area contributed by atoms with E-state index in [1.807, 2.05) is 42.5 Å². The summed E-state index contributed by atoms with van der Waals surface area (Å²) < 4.78 is 27.7. The van der Waals surface area contributed by atoms with E-state index in [0.717, 1.165) is 16.7 Å². The van der Waals surface area contributed by atoms with Gasteiger partial charge in [0.15, 0.2) is 9.84 Å². The van der Waals surface area contributed by atoms with Gasteiger partial charge in [-0.25, -0.2) is 8.42 Å². The topological polar surface area (TPSA) is 72.3 Å². The number of rotatable bonds is 2. The molecule has 2 aromatic carbocycles. The van der Waals surface area contributed by atoms with Gasteiger partial charge in [0.2, 0.25) is 0 Å². The maximum Gasteiger partial charge on any atom is 0.274 e. The zero-order valence-electron chi connectivity index (χ0n) is 15.3. The summed E-state index contributed by atoms with van der Waals surface area (Å²) in [6, 6.07) is 17.1. The summed E-state index contributed by atoms with van der Waals surface area (Å²) in [5.41, 5.74) is 3.20. The highest BCUT2D eigenvalue weighted by atomic mass is 32.2. The Bertz CT molecular complexity index is 1180. The number of carbonyl (C=O) groups is 1. The number of sulfone groups is 1. The van der Waals surface area contributed by atoms with Gasteiger partial charge >= 0.3 is 0 Å². The van der Waals surface area contributed by atoms with Gasteiger partial charge in [0, 0.05) is 32.3 Å². The van der Waals surface area contributed by atoms with Crippen molar-refractivity contribution < 1.29 is 13.2 Å². The number of carbonyl (C=O) groups excluding carboxylic acids is 1. The minimum absolute atomic E-state index is 0.198. The average molecular weight is 393 g/mol. The Labute approximate surface area is 163 Å². The second-order valence-electron chi connectivity index (χ2n) is 7.39. The Morgan fingerprint density at radius 1 is 1.04 bits per heavy atom. The molecule has 0 bridgehead atoms. The molecule has 5 rings (SSSR count). The van der Waals surface area contributed by atoms with E-state index >= 15 is 0 Å². The molecule has 0 aliphatic carbocycles. The third-order valence-electron chi connectivity index (χ3n) is 5.71. The van der Waals surface area contributed by atoms with E-state index in [1.165, 1.54) is 0 Å². The van der Waals surface area contributed by atoms with Gasteiger partial charge in [0.1, 0.15) is 5.69 Å². The molecule has 2 atom stereocenters. The molecule has 28 heavy (non-hydrogen) atoms. The second kappa shape index (κ2) is 6.04. The summed E-state index contributed by atoms with van der Waals surface area (Å²) >= 11 is 0. The fourth-order valence-corrected chi connectivity index (χ4v) is 6.48. The molecule has 0 radical (unpaired) electrons. The number of amides is 1. The molecule has 142 valence electrons. The highest BCUT2D eigenvalue weighted by molar-refractivity contribution is 7.92. The lowest BCUT2D eigenvalue weighted by atomic mass is 9.94. The maximum atomic E-state index is 13.1. The minimum Gasteiger partial charge on any atom is -0.335 e. The molecule has 1 aromatic heterocycles. The van der Waals surface area contributed by atoms with Crippen molar-refractivity contribution in [1.82, 2.24) is 14.7 Å². The summed E-state index contributed by atoms with van der Waals surface area (Å²) in [5, 5.41) is 3.58. The first kappa shape index (κ1) is 17.2. The number of hydrogen-bond acceptors (Lipinski definition) is 4. The van der Waals surface area contributed by atoms with Crippen molar-refractivity contribution in [2.75, 3.05) is 13.1 Å². The van der Waals surface area contributed by atoms with Gasteiger partial charge in [-0.05, 0) is 34.9 Å². The predicted octanol–water partition coefficient (Wildman–Crippen LogP) is 2.48. The van der Waals surface area contributed by atoms with Crippen molar-refractivity contribution >= 4 is 15.7 Å². The van der Waals surface area contributed by atoms with E-state index < -0.39 is 15.1 Å². The standard InChI is InChI=1S/C21H19N3O3S/c1-23-10-9-18(22-23)21(25)24-12-17-16-11-15(14-5-3-2-4-6-14)7-8-19(16)28(26,27)20(17)13-24/h2-11,17,20H,12-13H2,1H3/t17-,20+/m0/s1. The molecule has 0 spiro atoms. The van der Waals surface area contributed by atoms with E-state index in [-0.39, 0.29) is 18.4 Å². The van der Waals surface area contributed by atoms with E-state index in [2.05, 4.69) is 5.10 Å². The Morgan fingerprint density at radius 3 is 2.54 bits per heavy atom. The quantitative estimate of drug-likeness (QED) is 0.671. The SMILES string of the molecule is Cn1ccc(C(=O)N2C[C@@H]3[C@@H](C2)c2cc(-c4ccccc4)ccc2S3(=O)=O)n1. The number of aromatic nitrogens is 2. The second-order valence-corrected chi connectivity index (χ2v) is 9.53. The average Bonchev–Trinajstić information content (AvgIpc) is 3.38. The zero-order valence-corrected chi connectivity index (χ0v) is 16.1. The van der Waals surface area contributed by atoms with Gasteiger partial charge in [-0.15, -0.1) is 0 Å². The lowest BCUT2D eigenvalue weighted by Crippen LogP contribution is -2.32. The monoisotopic (exact) mass is 393 g/mol. The predicted molar refractivity (Wildman–Crippen MR) is 105 cm³/mol. The number of benzene rings is 2. The molecule has 6 nitrogen and oxygen atoms in total. The van der Waals surface area contributed by atoms with Crippen LogP contribution < -0.4 is 0 Å². The van der Waals surface area contributed by atoms with Crippen LogP contribution in [0.5, 0.6) is 0 Å². The third kappa shape index (κ3) is 2.50. The summed E-state index contributed by atoms with van der Waals surface area (Å²) in [5.74, 6) is -0.415. The smallest absolute Gasteiger partial charge is 0.274 e. The molecule has 1 saturated heterocycles. The van der Waals surface area contributed by atoms with Crippen LogP contribution in [-0.2, 0) is 16.9 Å². The maximum absolute atomic E-state index is 13.1. The fraction of sp³-hybridized carbons (Fsp3) is 0.238. The largest absolute Gasteiger partial charge is 0.335 e. The van der Waals surface area contributed by atoms with Crippen LogP contribution in [0.15, 0.2) is 65.7 Å². The van der Waals surface area contributed by atoms with Crippen molar-refractivity contribution in [3.8, 4) is 11.1 Å². The molecule has 3 aromatic rings. The molecular formula is C21H19N3O3S. The van der Waals surface area contributed by atoms with Gasteiger partial charge in [0.05, 0.1) is 10.1 Å². The van der Waals surface area contributed by atoms with Crippen molar-refractivity contribution in [2.24, 2.45) is 7.05 Å². The third-order valence-corrected chi connectivity index (χ3v) is 7.97. The summed E-state index contributed by atoms with van der Waals surface area (Å²) in [7, 11) is -1.69. The van der Waals surface area contributed by atoms with Crippen LogP contribution in [0.2, 0.25) is 0 Å². The molecule has 1 amide bonds. The Kier molecular flexibility index (Phi) is 3.71. The Morgan fingerprint density at radius 2 is 1.82 bits per heavy atom. The highest BCUT2D eigenvalue weighted by Gasteiger charge is 2.51. The molecule has 0 saturated carbocycles. The van der Waals surface area contributed by atoms with Crippen molar-refractivity contribution in [2.45, 2.75) is 16.1 Å². The van der Waals surface area contributed by atoms with Crippen LogP contribution >= 0.6 is 0 Å². The van der Waals surface area contributed by atoms with Crippen molar-refractivity contribution in [3.05, 3.63) is 72.1 Å². The number of hydrogen-bond donors (Lipinski definition) is 0. The van der Waals surface area contributed by atoms with Crippen molar-refractivity contribution in [1.29, 1.82) is 0 Å². The number of nitrogens with zero attached hydrogens (tertiary/aromatic N) is 3. The van der Waals surface area contributed by atoms with E-state index in [4.69, 9.17) is 0 Å². The van der Waals surface area contributed by atoms with Crippen LogP contribution in [0.25, 0.3) is 11.1 Å². The first-order chi connectivity index (χ1) is 13.4. The fourth-order valence-electron chi connectivity index (χ4n) is 4.31.